The van der Waals surface area contributed by atoms with E-state index in [-0.39, 0.29) is 5.91 Å². The van der Waals surface area contributed by atoms with E-state index < -0.39 is 0 Å². The number of nitrogens with one attached hydrogen (secondary N) is 1. The summed E-state index contributed by atoms with van der Waals surface area (Å²) in [5.41, 5.74) is 1.59. The average Bonchev–Trinajstić information content (AvgIpc) is 3.13. The van der Waals surface area contributed by atoms with Crippen LogP contribution in [0.5, 0.6) is 0 Å². The van der Waals surface area contributed by atoms with Gasteiger partial charge in [-0.3, -0.25) is 9.48 Å². The Kier molecular flexibility index (Phi) is 2.58. The number of piperazine rings is 1. The summed E-state index contributed by atoms with van der Waals surface area (Å²) >= 11 is 0. The lowest BCUT2D eigenvalue weighted by Crippen LogP contribution is -2.46. The highest BCUT2D eigenvalue weighted by Gasteiger charge is 2.34. The predicted molar refractivity (Wildman–Crippen MR) is 61.8 cm³/mol. The topological polar surface area (TPSA) is 63.1 Å². The summed E-state index contributed by atoms with van der Waals surface area (Å²) < 4.78 is 1.76. The molecule has 0 unspecified atom stereocenters. The fraction of sp³-hybridized carbons (Fsp3) is 0.727. The van der Waals surface area contributed by atoms with Crippen LogP contribution >= 0.6 is 0 Å². The molecule has 0 spiro atoms. The predicted octanol–water partition coefficient (Wildman–Crippen LogP) is -0.262. The normalized spacial score (nSPS) is 20.6. The lowest BCUT2D eigenvalue weighted by atomic mass is 10.2. The largest absolute Gasteiger partial charge is 0.335 e. The van der Waals surface area contributed by atoms with Crippen LogP contribution in [0.15, 0.2) is 0 Å². The zero-order valence-electron chi connectivity index (χ0n) is 10.0. The van der Waals surface area contributed by atoms with Gasteiger partial charge >= 0.3 is 0 Å². The molecule has 0 bridgehead atoms. The van der Waals surface area contributed by atoms with E-state index in [1.807, 2.05) is 11.9 Å². The summed E-state index contributed by atoms with van der Waals surface area (Å²) in [5.74, 6) is 0.540. The summed E-state index contributed by atoms with van der Waals surface area (Å²) in [4.78, 5) is 14.2. The van der Waals surface area contributed by atoms with Crippen LogP contribution in [0.4, 0.5) is 0 Å². The Hall–Kier alpha value is -1.43. The van der Waals surface area contributed by atoms with Crippen molar-refractivity contribution in [2.45, 2.75) is 18.8 Å². The van der Waals surface area contributed by atoms with Crippen LogP contribution in [0, 0.1) is 0 Å². The fourth-order valence-corrected chi connectivity index (χ4v) is 2.35. The first kappa shape index (κ1) is 10.7. The Morgan fingerprint density at radius 3 is 2.71 bits per heavy atom. The van der Waals surface area contributed by atoms with Gasteiger partial charge in [0, 0.05) is 39.1 Å². The number of hydrogen-bond donors (Lipinski definition) is 1. The van der Waals surface area contributed by atoms with Crippen LogP contribution in [-0.4, -0.2) is 52.0 Å². The molecular weight excluding hydrogens is 218 g/mol. The Bertz CT molecular complexity index is 431. The molecule has 1 N–H and O–H groups in total. The smallest absolute Gasteiger partial charge is 0.276 e. The number of hydrogen-bond acceptors (Lipinski definition) is 4. The van der Waals surface area contributed by atoms with E-state index in [1.165, 1.54) is 0 Å². The van der Waals surface area contributed by atoms with Crippen molar-refractivity contribution in [1.82, 2.24) is 25.2 Å². The van der Waals surface area contributed by atoms with E-state index in [1.54, 1.807) is 4.68 Å². The van der Waals surface area contributed by atoms with Crippen molar-refractivity contribution in [2.24, 2.45) is 7.05 Å². The lowest BCUT2D eigenvalue weighted by Gasteiger charge is -2.26. The molecule has 6 heteroatoms. The van der Waals surface area contributed by atoms with Gasteiger partial charge in [0.05, 0.1) is 5.69 Å². The van der Waals surface area contributed by atoms with Gasteiger partial charge in [0.25, 0.3) is 5.91 Å². The molecule has 6 nitrogen and oxygen atoms in total. The van der Waals surface area contributed by atoms with Gasteiger partial charge < -0.3 is 10.2 Å². The molecule has 2 aliphatic rings. The fourth-order valence-electron chi connectivity index (χ4n) is 2.35. The van der Waals surface area contributed by atoms with Gasteiger partial charge in [0.15, 0.2) is 5.69 Å². The number of aromatic nitrogens is 3. The maximum atomic E-state index is 12.3. The van der Waals surface area contributed by atoms with E-state index in [4.69, 9.17) is 0 Å². The molecule has 1 aliphatic carbocycles. The number of aryl methyl sites for hydroxylation is 1. The van der Waals surface area contributed by atoms with Crippen molar-refractivity contribution in [3.8, 4) is 0 Å². The second-order valence-electron chi connectivity index (χ2n) is 4.76. The molecule has 1 saturated carbocycles. The van der Waals surface area contributed by atoms with E-state index in [9.17, 15) is 4.79 Å². The molecule has 1 saturated heterocycles. The number of carbonyl (C=O) groups excluding carboxylic acids is 1. The first-order valence-corrected chi connectivity index (χ1v) is 6.17. The van der Waals surface area contributed by atoms with Gasteiger partial charge in [-0.25, -0.2) is 0 Å². The Morgan fingerprint density at radius 2 is 2.06 bits per heavy atom. The molecule has 1 aliphatic heterocycles. The van der Waals surface area contributed by atoms with Gasteiger partial charge in [0.2, 0.25) is 0 Å². The minimum absolute atomic E-state index is 0.0431. The molecule has 2 heterocycles. The first-order valence-electron chi connectivity index (χ1n) is 6.17. The third kappa shape index (κ3) is 1.93. The Morgan fingerprint density at radius 1 is 1.35 bits per heavy atom. The van der Waals surface area contributed by atoms with Crippen LogP contribution in [-0.2, 0) is 7.05 Å². The third-order valence-corrected chi connectivity index (χ3v) is 3.44. The molecule has 2 fully saturated rings. The van der Waals surface area contributed by atoms with Crippen LogP contribution in [0.1, 0.15) is 34.9 Å². The van der Waals surface area contributed by atoms with Crippen LogP contribution < -0.4 is 5.32 Å². The highest BCUT2D eigenvalue weighted by Crippen LogP contribution is 2.41. The Labute approximate surface area is 100.0 Å². The van der Waals surface area contributed by atoms with Gasteiger partial charge in [-0.2, -0.15) is 0 Å². The second-order valence-corrected chi connectivity index (χ2v) is 4.76. The highest BCUT2D eigenvalue weighted by molar-refractivity contribution is 5.93. The maximum absolute atomic E-state index is 12.3. The van der Waals surface area contributed by atoms with E-state index in [0.717, 1.165) is 44.7 Å². The molecule has 1 aromatic rings. The number of amides is 1. The standard InChI is InChI=1S/C11H17N5O/c1-15-10(8-2-3-8)9(13-14-15)11(17)16-6-4-12-5-7-16/h8,12H,2-7H2,1H3. The van der Waals surface area contributed by atoms with E-state index >= 15 is 0 Å². The van der Waals surface area contributed by atoms with Crippen molar-refractivity contribution < 1.29 is 4.79 Å². The summed E-state index contributed by atoms with van der Waals surface area (Å²) in [5, 5.41) is 11.3. The Balaban J connectivity index is 1.85. The second kappa shape index (κ2) is 4.10. The van der Waals surface area contributed by atoms with Gasteiger partial charge in [-0.05, 0) is 12.8 Å². The lowest BCUT2D eigenvalue weighted by molar-refractivity contribution is 0.0728. The number of nitrogens with zero attached hydrogens (tertiary/aromatic N) is 4. The van der Waals surface area contributed by atoms with E-state index in [2.05, 4.69) is 15.6 Å². The molecule has 0 atom stereocenters. The van der Waals surface area contributed by atoms with Crippen LogP contribution in [0.3, 0.4) is 0 Å². The SMILES string of the molecule is Cn1nnc(C(=O)N2CCNCC2)c1C1CC1. The monoisotopic (exact) mass is 235 g/mol. The summed E-state index contributed by atoms with van der Waals surface area (Å²) in [6.07, 6.45) is 2.31. The zero-order valence-corrected chi connectivity index (χ0v) is 10.0. The average molecular weight is 235 g/mol. The molecule has 17 heavy (non-hydrogen) atoms. The van der Waals surface area contributed by atoms with Gasteiger partial charge in [-0.15, -0.1) is 5.10 Å². The zero-order chi connectivity index (χ0) is 11.8. The van der Waals surface area contributed by atoms with Crippen LogP contribution in [0.2, 0.25) is 0 Å². The molecule has 92 valence electrons. The summed E-state index contributed by atoms with van der Waals surface area (Å²) in [6.45, 7) is 3.26. The van der Waals surface area contributed by atoms with Crippen molar-refractivity contribution in [3.63, 3.8) is 0 Å². The molecule has 1 amide bonds. The molecule has 3 rings (SSSR count). The van der Waals surface area contributed by atoms with Crippen molar-refractivity contribution in [3.05, 3.63) is 11.4 Å². The van der Waals surface area contributed by atoms with Gasteiger partial charge in [0.1, 0.15) is 0 Å². The summed E-state index contributed by atoms with van der Waals surface area (Å²) in [7, 11) is 1.87. The molecule has 0 aromatic carbocycles. The number of rotatable bonds is 2. The highest BCUT2D eigenvalue weighted by atomic mass is 16.2. The molecule has 0 radical (unpaired) electrons. The minimum atomic E-state index is 0.0431. The molecule has 1 aromatic heterocycles. The minimum Gasteiger partial charge on any atom is -0.335 e. The van der Waals surface area contributed by atoms with Crippen molar-refractivity contribution in [1.29, 1.82) is 0 Å². The van der Waals surface area contributed by atoms with Gasteiger partial charge in [-0.1, -0.05) is 5.21 Å². The molecular formula is C11H17N5O. The van der Waals surface area contributed by atoms with Crippen molar-refractivity contribution in [2.75, 3.05) is 26.2 Å². The van der Waals surface area contributed by atoms with E-state index in [0.29, 0.717) is 11.6 Å². The maximum Gasteiger partial charge on any atom is 0.276 e. The summed E-state index contributed by atoms with van der Waals surface area (Å²) in [6, 6.07) is 0. The van der Waals surface area contributed by atoms with Crippen LogP contribution in [0.25, 0.3) is 0 Å². The first-order chi connectivity index (χ1) is 8.27. The van der Waals surface area contributed by atoms with Crippen molar-refractivity contribution >= 4 is 5.91 Å². The quantitative estimate of drug-likeness (QED) is 0.767. The number of carbonyl (C=O) groups is 1. The third-order valence-electron chi connectivity index (χ3n) is 3.44.